The topological polar surface area (TPSA) is 32.7 Å². The lowest BCUT2D eigenvalue weighted by molar-refractivity contribution is -0.119. The van der Waals surface area contributed by atoms with Crippen LogP contribution < -0.4 is 4.90 Å². The number of aryl methyl sites for hydroxylation is 1. The largest absolute Gasteiger partial charge is 0.313 e. The molecule has 2 heterocycles. The van der Waals surface area contributed by atoms with Crippen LogP contribution in [-0.2, 0) is 10.2 Å². The highest BCUT2D eigenvalue weighted by Crippen LogP contribution is 2.56. The normalized spacial score (nSPS) is 22.0. The van der Waals surface area contributed by atoms with E-state index in [1.165, 1.54) is 0 Å². The van der Waals surface area contributed by atoms with Gasteiger partial charge in [0.05, 0.1) is 11.4 Å². The summed E-state index contributed by atoms with van der Waals surface area (Å²) in [6, 6.07) is 14.3. The third kappa shape index (κ3) is 1.62. The van der Waals surface area contributed by atoms with Gasteiger partial charge in [-0.2, -0.15) is 0 Å². The summed E-state index contributed by atoms with van der Waals surface area (Å²) in [4.78, 5) is 20.4. The maximum absolute atomic E-state index is 13.6. The van der Waals surface area contributed by atoms with Gasteiger partial charge in [-0.3, -0.25) is 9.79 Å². The molecule has 0 aliphatic carbocycles. The molecular formula is C21H22N2O. The van der Waals surface area contributed by atoms with Crippen LogP contribution in [0.25, 0.3) is 0 Å². The Bertz CT molecular complexity index is 904. The predicted octanol–water partition coefficient (Wildman–Crippen LogP) is 4.39. The first kappa shape index (κ1) is 15.1. The fourth-order valence-electron chi connectivity index (χ4n) is 4.31. The number of rotatable bonds is 0. The molecule has 1 unspecified atom stereocenters. The number of benzene rings is 2. The van der Waals surface area contributed by atoms with E-state index in [2.05, 4.69) is 45.9 Å². The molecule has 24 heavy (non-hydrogen) atoms. The molecule has 1 atom stereocenters. The first-order valence-corrected chi connectivity index (χ1v) is 8.37. The van der Waals surface area contributed by atoms with Crippen molar-refractivity contribution in [1.29, 1.82) is 0 Å². The van der Waals surface area contributed by atoms with Crippen LogP contribution in [0.4, 0.5) is 11.4 Å². The van der Waals surface area contributed by atoms with Crippen molar-refractivity contribution in [1.82, 2.24) is 0 Å². The van der Waals surface area contributed by atoms with Crippen molar-refractivity contribution in [3.8, 4) is 0 Å². The Balaban J connectivity index is 2.15. The summed E-state index contributed by atoms with van der Waals surface area (Å²) in [5, 5.41) is 0. The van der Waals surface area contributed by atoms with Crippen LogP contribution >= 0.6 is 0 Å². The minimum atomic E-state index is -0.787. The van der Waals surface area contributed by atoms with E-state index in [-0.39, 0.29) is 11.3 Å². The van der Waals surface area contributed by atoms with Crippen molar-refractivity contribution >= 4 is 23.0 Å². The highest BCUT2D eigenvalue weighted by atomic mass is 16.2. The van der Waals surface area contributed by atoms with Crippen LogP contribution in [-0.4, -0.2) is 18.7 Å². The van der Waals surface area contributed by atoms with Crippen LogP contribution in [0.5, 0.6) is 0 Å². The number of hydrogen-bond donors (Lipinski definition) is 0. The van der Waals surface area contributed by atoms with E-state index in [0.29, 0.717) is 0 Å². The van der Waals surface area contributed by atoms with Crippen LogP contribution in [0.2, 0.25) is 0 Å². The summed E-state index contributed by atoms with van der Waals surface area (Å²) in [7, 11) is 1.88. The molecule has 2 aliphatic rings. The van der Waals surface area contributed by atoms with Gasteiger partial charge in [0, 0.05) is 29.3 Å². The first-order valence-electron chi connectivity index (χ1n) is 8.37. The van der Waals surface area contributed by atoms with Crippen molar-refractivity contribution in [2.75, 3.05) is 11.9 Å². The molecule has 0 saturated heterocycles. The molecule has 3 nitrogen and oxygen atoms in total. The third-order valence-electron chi connectivity index (χ3n) is 5.21. The maximum Gasteiger partial charge on any atom is 0.247 e. The highest BCUT2D eigenvalue weighted by Gasteiger charge is 2.60. The second kappa shape index (κ2) is 4.56. The minimum Gasteiger partial charge on any atom is -0.313 e. The van der Waals surface area contributed by atoms with Gasteiger partial charge in [0.15, 0.2) is 0 Å². The van der Waals surface area contributed by atoms with Crippen molar-refractivity contribution in [3.63, 3.8) is 0 Å². The number of carbonyl (C=O) groups is 1. The molecule has 0 N–H and O–H groups in total. The lowest BCUT2D eigenvalue weighted by Gasteiger charge is -2.33. The van der Waals surface area contributed by atoms with Gasteiger partial charge in [0.2, 0.25) is 5.91 Å². The zero-order valence-electron chi connectivity index (χ0n) is 14.8. The Morgan fingerprint density at radius 1 is 1.00 bits per heavy atom. The van der Waals surface area contributed by atoms with Crippen molar-refractivity contribution in [3.05, 3.63) is 59.2 Å². The summed E-state index contributed by atoms with van der Waals surface area (Å²) in [5.74, 6) is 0.102. The van der Waals surface area contributed by atoms with Crippen LogP contribution in [0.15, 0.2) is 47.5 Å². The van der Waals surface area contributed by atoms with Gasteiger partial charge in [-0.1, -0.05) is 57.2 Å². The van der Waals surface area contributed by atoms with E-state index in [1.807, 2.05) is 36.2 Å². The highest BCUT2D eigenvalue weighted by molar-refractivity contribution is 6.30. The molecule has 1 amide bonds. The summed E-state index contributed by atoms with van der Waals surface area (Å²) < 4.78 is 0. The van der Waals surface area contributed by atoms with Gasteiger partial charge in [0.25, 0.3) is 0 Å². The quantitative estimate of drug-likeness (QED) is 0.709. The molecule has 2 aromatic carbocycles. The monoisotopic (exact) mass is 318 g/mol. The fraction of sp³-hybridized carbons (Fsp3) is 0.333. The van der Waals surface area contributed by atoms with Crippen molar-refractivity contribution in [2.24, 2.45) is 10.4 Å². The summed E-state index contributed by atoms with van der Waals surface area (Å²) in [6.07, 6.45) is 0. The molecule has 122 valence electrons. The maximum atomic E-state index is 13.6. The zero-order chi connectivity index (χ0) is 17.3. The van der Waals surface area contributed by atoms with E-state index in [4.69, 9.17) is 4.99 Å². The number of amides is 1. The Kier molecular flexibility index (Phi) is 2.88. The molecule has 2 aliphatic heterocycles. The minimum absolute atomic E-state index is 0.102. The van der Waals surface area contributed by atoms with E-state index in [1.54, 1.807) is 0 Å². The smallest absolute Gasteiger partial charge is 0.247 e. The van der Waals surface area contributed by atoms with Crippen molar-refractivity contribution < 1.29 is 4.79 Å². The zero-order valence-corrected chi connectivity index (χ0v) is 14.8. The number of hydrogen-bond acceptors (Lipinski definition) is 2. The van der Waals surface area contributed by atoms with Gasteiger partial charge >= 0.3 is 0 Å². The lowest BCUT2D eigenvalue weighted by atomic mass is 9.65. The average molecular weight is 318 g/mol. The molecule has 0 fully saturated rings. The summed E-state index contributed by atoms with van der Waals surface area (Å²) >= 11 is 0. The van der Waals surface area contributed by atoms with Gasteiger partial charge in [-0.05, 0) is 18.6 Å². The van der Waals surface area contributed by atoms with E-state index in [0.717, 1.165) is 33.8 Å². The Labute approximate surface area is 143 Å². The van der Waals surface area contributed by atoms with E-state index >= 15 is 0 Å². The predicted molar refractivity (Wildman–Crippen MR) is 98.4 cm³/mol. The van der Waals surface area contributed by atoms with Crippen molar-refractivity contribution in [2.45, 2.75) is 33.1 Å². The Morgan fingerprint density at radius 3 is 2.38 bits per heavy atom. The van der Waals surface area contributed by atoms with E-state index < -0.39 is 5.41 Å². The standard InChI is InChI=1S/C21H22N2O/c1-13-9-8-11-15-17(13)23(5)19(24)21(15)14-10-6-7-12-16(14)22-18(21)20(2,3)4/h6-12H,1-5H3. The second-order valence-corrected chi connectivity index (χ2v) is 7.81. The molecule has 1 spiro atoms. The third-order valence-corrected chi connectivity index (χ3v) is 5.21. The van der Waals surface area contributed by atoms with Crippen LogP contribution in [0, 0.1) is 12.3 Å². The Morgan fingerprint density at radius 2 is 1.67 bits per heavy atom. The summed E-state index contributed by atoms with van der Waals surface area (Å²) in [6.45, 7) is 8.48. The molecule has 2 aromatic rings. The number of likely N-dealkylation sites (N-methyl/N-ethyl adjacent to an activating group) is 1. The van der Waals surface area contributed by atoms with E-state index in [9.17, 15) is 4.79 Å². The van der Waals surface area contributed by atoms with Gasteiger partial charge in [0.1, 0.15) is 5.41 Å². The number of aliphatic imine (C=N–C) groups is 1. The molecule has 0 aromatic heterocycles. The first-order chi connectivity index (χ1) is 11.3. The number of nitrogens with zero attached hydrogens (tertiary/aromatic N) is 2. The molecule has 0 radical (unpaired) electrons. The lowest BCUT2D eigenvalue weighted by Crippen LogP contribution is -2.48. The molecule has 0 bridgehead atoms. The molecule has 4 rings (SSSR count). The Hall–Kier alpha value is -2.42. The molecular weight excluding hydrogens is 296 g/mol. The second-order valence-electron chi connectivity index (χ2n) is 7.81. The molecule has 0 saturated carbocycles. The number of fused-ring (bicyclic) bond motifs is 4. The van der Waals surface area contributed by atoms with Gasteiger partial charge in [-0.15, -0.1) is 0 Å². The van der Waals surface area contributed by atoms with Crippen LogP contribution in [0.1, 0.15) is 37.5 Å². The number of carbonyl (C=O) groups excluding carboxylic acids is 1. The number of para-hydroxylation sites is 2. The molecule has 3 heteroatoms. The van der Waals surface area contributed by atoms with Crippen LogP contribution in [0.3, 0.4) is 0 Å². The SMILES string of the molecule is Cc1cccc2c1N(C)C(=O)C21C(C(C)(C)C)=Nc2ccccc21. The summed E-state index contributed by atoms with van der Waals surface area (Å²) in [5.41, 5.74) is 5.08. The average Bonchev–Trinajstić information content (AvgIpc) is 2.99. The van der Waals surface area contributed by atoms with Gasteiger partial charge < -0.3 is 4.90 Å². The fourth-order valence-corrected chi connectivity index (χ4v) is 4.31. The number of anilines is 1. The van der Waals surface area contributed by atoms with Gasteiger partial charge in [-0.25, -0.2) is 0 Å².